The molecule has 4 N–H and O–H groups in total. The fraction of sp³-hybridized carbons (Fsp3) is 0.111. The smallest absolute Gasteiger partial charge is 0.150 e. The summed E-state index contributed by atoms with van der Waals surface area (Å²) in [6.07, 6.45) is 2.94. The van der Waals surface area contributed by atoms with E-state index in [0.717, 1.165) is 0 Å². The van der Waals surface area contributed by atoms with Crippen LogP contribution >= 0.6 is 0 Å². The Bertz CT molecular complexity index is 511. The third kappa shape index (κ3) is 1.90. The van der Waals surface area contributed by atoms with E-state index < -0.39 is 0 Å². The maximum absolute atomic E-state index is 8.78. The highest BCUT2D eigenvalue weighted by molar-refractivity contribution is 5.68. The highest BCUT2D eigenvalue weighted by Gasteiger charge is 2.05. The largest absolute Gasteiger partial charge is 0.395 e. The molecule has 0 aliphatic rings. The van der Waals surface area contributed by atoms with Gasteiger partial charge < -0.3 is 11.1 Å². The molecule has 16 heavy (non-hydrogen) atoms. The van der Waals surface area contributed by atoms with E-state index in [1.165, 1.54) is 12.5 Å². The fourth-order valence-electron chi connectivity index (χ4n) is 1.20. The van der Waals surface area contributed by atoms with Gasteiger partial charge in [0.25, 0.3) is 0 Å². The third-order valence-corrected chi connectivity index (χ3v) is 2.00. The second kappa shape index (κ2) is 4.27. The summed E-state index contributed by atoms with van der Waals surface area (Å²) in [5.41, 5.74) is 6.48. The molecule has 0 aliphatic heterocycles. The molecule has 7 heteroatoms. The number of rotatable bonds is 3. The number of hydrogen-bond donors (Lipinski definition) is 3. The molecule has 2 rings (SSSR count). The van der Waals surface area contributed by atoms with Crippen molar-refractivity contribution in [3.63, 3.8) is 0 Å². The van der Waals surface area contributed by atoms with Gasteiger partial charge in [0.05, 0.1) is 17.8 Å². The first-order chi connectivity index (χ1) is 7.81. The van der Waals surface area contributed by atoms with Crippen LogP contribution in [0.25, 0.3) is 0 Å². The number of nitrogens with two attached hydrogens (primary N) is 1. The van der Waals surface area contributed by atoms with Crippen LogP contribution in [0.5, 0.6) is 0 Å². The number of hydrogen-bond acceptors (Lipinski definition) is 6. The molecule has 0 bridgehead atoms. The summed E-state index contributed by atoms with van der Waals surface area (Å²) in [6, 6.07) is 3.55. The molecule has 0 atom stereocenters. The van der Waals surface area contributed by atoms with Crippen molar-refractivity contribution >= 4 is 11.5 Å². The zero-order valence-electron chi connectivity index (χ0n) is 8.31. The van der Waals surface area contributed by atoms with Crippen molar-refractivity contribution in [2.45, 2.75) is 6.54 Å². The summed E-state index contributed by atoms with van der Waals surface area (Å²) in [4.78, 5) is 7.98. The number of nitrogen functional groups attached to an aromatic ring is 1. The number of nitriles is 1. The Kier molecular flexibility index (Phi) is 2.65. The van der Waals surface area contributed by atoms with Crippen LogP contribution in [0, 0.1) is 11.3 Å². The van der Waals surface area contributed by atoms with Gasteiger partial charge in [-0.3, -0.25) is 5.10 Å². The first-order valence-electron chi connectivity index (χ1n) is 4.54. The lowest BCUT2D eigenvalue weighted by molar-refractivity contribution is 0.948. The number of H-pyrrole nitrogens is 1. The Morgan fingerprint density at radius 2 is 2.38 bits per heavy atom. The quantitative estimate of drug-likeness (QED) is 0.676. The lowest BCUT2D eigenvalue weighted by Gasteiger charge is -2.06. The van der Waals surface area contributed by atoms with Crippen LogP contribution in [0.1, 0.15) is 11.4 Å². The number of nitrogens with one attached hydrogen (secondary N) is 2. The summed E-state index contributed by atoms with van der Waals surface area (Å²) in [6.45, 7) is 0.423. The topological polar surface area (TPSA) is 116 Å². The average Bonchev–Trinajstić information content (AvgIpc) is 2.81. The van der Waals surface area contributed by atoms with E-state index in [4.69, 9.17) is 11.0 Å². The Balaban J connectivity index is 2.13. The van der Waals surface area contributed by atoms with Crippen LogP contribution in [0.3, 0.4) is 0 Å². The van der Waals surface area contributed by atoms with Crippen molar-refractivity contribution in [2.75, 3.05) is 11.1 Å². The van der Waals surface area contributed by atoms with Crippen molar-refractivity contribution in [2.24, 2.45) is 0 Å². The minimum absolute atomic E-state index is 0.338. The predicted molar refractivity (Wildman–Crippen MR) is 57.1 cm³/mol. The van der Waals surface area contributed by atoms with Gasteiger partial charge in [0, 0.05) is 6.20 Å². The van der Waals surface area contributed by atoms with E-state index in [1.807, 2.05) is 6.07 Å². The number of aromatic nitrogens is 4. The third-order valence-electron chi connectivity index (χ3n) is 2.00. The van der Waals surface area contributed by atoms with Crippen LogP contribution < -0.4 is 11.1 Å². The van der Waals surface area contributed by atoms with Crippen molar-refractivity contribution in [3.05, 3.63) is 30.0 Å². The lowest BCUT2D eigenvalue weighted by Crippen LogP contribution is -2.06. The molecule has 0 aromatic carbocycles. The van der Waals surface area contributed by atoms with Crippen molar-refractivity contribution < 1.29 is 0 Å². The van der Waals surface area contributed by atoms with Gasteiger partial charge in [-0.25, -0.2) is 9.97 Å². The zero-order chi connectivity index (χ0) is 11.4. The predicted octanol–water partition coefficient (Wildman–Crippen LogP) is 0.266. The maximum atomic E-state index is 8.78. The fourth-order valence-corrected chi connectivity index (χ4v) is 1.20. The molecule has 0 spiro atoms. The molecule has 7 nitrogen and oxygen atoms in total. The minimum Gasteiger partial charge on any atom is -0.395 e. The van der Waals surface area contributed by atoms with Crippen LogP contribution in [-0.2, 0) is 6.54 Å². The van der Waals surface area contributed by atoms with Crippen LogP contribution in [0.15, 0.2) is 18.6 Å². The number of pyridine rings is 1. The van der Waals surface area contributed by atoms with Gasteiger partial charge in [0.15, 0.2) is 5.82 Å². The van der Waals surface area contributed by atoms with E-state index in [1.54, 1.807) is 6.07 Å². The standard InChI is InChI=1S/C9H9N7/c10-3-6-1-2-12-9(8(6)11)13-4-7-14-5-15-16-7/h1-2,5H,4,11H2,(H,12,13)(H,14,15,16). The Morgan fingerprint density at radius 1 is 1.50 bits per heavy atom. The number of anilines is 2. The average molecular weight is 215 g/mol. The molecule has 0 amide bonds. The molecule has 0 unspecified atom stereocenters. The second-order valence-corrected chi connectivity index (χ2v) is 3.02. The molecule has 80 valence electrons. The van der Waals surface area contributed by atoms with Crippen molar-refractivity contribution in [1.29, 1.82) is 5.26 Å². The summed E-state index contributed by atoms with van der Waals surface area (Å²) in [7, 11) is 0. The normalized spacial score (nSPS) is 9.69. The summed E-state index contributed by atoms with van der Waals surface area (Å²) < 4.78 is 0. The molecular weight excluding hydrogens is 206 g/mol. The van der Waals surface area contributed by atoms with Gasteiger partial charge >= 0.3 is 0 Å². The molecule has 2 aromatic heterocycles. The van der Waals surface area contributed by atoms with Crippen LogP contribution in [-0.4, -0.2) is 20.2 Å². The van der Waals surface area contributed by atoms with Gasteiger partial charge in [-0.1, -0.05) is 0 Å². The number of nitrogens with zero attached hydrogens (tertiary/aromatic N) is 4. The first-order valence-corrected chi connectivity index (χ1v) is 4.54. The lowest BCUT2D eigenvalue weighted by atomic mass is 10.2. The second-order valence-electron chi connectivity index (χ2n) is 3.02. The first kappa shape index (κ1) is 9.92. The Hall–Kier alpha value is -2.62. The van der Waals surface area contributed by atoms with E-state index in [9.17, 15) is 0 Å². The van der Waals surface area contributed by atoms with E-state index >= 15 is 0 Å². The zero-order valence-corrected chi connectivity index (χ0v) is 8.31. The highest BCUT2D eigenvalue weighted by Crippen LogP contribution is 2.18. The molecular formula is C9H9N7. The molecule has 2 heterocycles. The molecule has 0 radical (unpaired) electrons. The Morgan fingerprint density at radius 3 is 3.06 bits per heavy atom. The summed E-state index contributed by atoms with van der Waals surface area (Å²) in [5.74, 6) is 1.14. The van der Waals surface area contributed by atoms with Crippen molar-refractivity contribution in [3.8, 4) is 6.07 Å². The molecule has 2 aromatic rings. The Labute approximate surface area is 91.3 Å². The van der Waals surface area contributed by atoms with Gasteiger partial charge in [-0.2, -0.15) is 10.4 Å². The number of aromatic amines is 1. The van der Waals surface area contributed by atoms with Gasteiger partial charge in [0.1, 0.15) is 18.2 Å². The maximum Gasteiger partial charge on any atom is 0.150 e. The monoisotopic (exact) mass is 215 g/mol. The summed E-state index contributed by atoms with van der Waals surface area (Å²) in [5, 5.41) is 18.2. The molecule has 0 saturated heterocycles. The highest BCUT2D eigenvalue weighted by atomic mass is 15.2. The van der Waals surface area contributed by atoms with Gasteiger partial charge in [0.2, 0.25) is 0 Å². The molecule has 0 aliphatic carbocycles. The van der Waals surface area contributed by atoms with E-state index in [2.05, 4.69) is 25.5 Å². The molecule has 0 fully saturated rings. The molecule has 0 saturated carbocycles. The van der Waals surface area contributed by atoms with Crippen LogP contribution in [0.4, 0.5) is 11.5 Å². The summed E-state index contributed by atoms with van der Waals surface area (Å²) >= 11 is 0. The minimum atomic E-state index is 0.338. The van der Waals surface area contributed by atoms with E-state index in [0.29, 0.717) is 29.4 Å². The van der Waals surface area contributed by atoms with E-state index in [-0.39, 0.29) is 0 Å². The van der Waals surface area contributed by atoms with Gasteiger partial charge in [-0.15, -0.1) is 0 Å². The van der Waals surface area contributed by atoms with Crippen LogP contribution in [0.2, 0.25) is 0 Å². The van der Waals surface area contributed by atoms with Crippen molar-refractivity contribution in [1.82, 2.24) is 20.2 Å². The van der Waals surface area contributed by atoms with Gasteiger partial charge in [-0.05, 0) is 6.07 Å². The SMILES string of the molecule is N#Cc1ccnc(NCc2ncn[nH]2)c1N.